The summed E-state index contributed by atoms with van der Waals surface area (Å²) in [5.74, 6) is 0. The highest BCUT2D eigenvalue weighted by Crippen LogP contribution is 2.46. The van der Waals surface area contributed by atoms with Gasteiger partial charge in [0, 0.05) is 76.0 Å². The molecule has 1 saturated heterocycles. The van der Waals surface area contributed by atoms with Crippen LogP contribution in [0.2, 0.25) is 0 Å². The van der Waals surface area contributed by atoms with Gasteiger partial charge in [-0.1, -0.05) is 53.4 Å². The lowest BCUT2D eigenvalue weighted by Crippen LogP contribution is -2.51. The van der Waals surface area contributed by atoms with Gasteiger partial charge in [0.25, 0.3) is 25.2 Å². The second kappa shape index (κ2) is 16.9. The van der Waals surface area contributed by atoms with E-state index in [0.29, 0.717) is 13.1 Å². The van der Waals surface area contributed by atoms with E-state index in [-0.39, 0.29) is 12.8 Å². The van der Waals surface area contributed by atoms with E-state index < -0.39 is 30.7 Å². The second-order valence-corrected chi connectivity index (χ2v) is 20.2. The van der Waals surface area contributed by atoms with E-state index in [1.807, 2.05) is 55.4 Å². The molecule has 1 fully saturated rings. The van der Waals surface area contributed by atoms with E-state index in [1.165, 1.54) is 30.7 Å². The normalized spacial score (nSPS) is 19.5. The van der Waals surface area contributed by atoms with Crippen LogP contribution >= 0.6 is 35.3 Å². The van der Waals surface area contributed by atoms with Crippen LogP contribution in [-0.2, 0) is 26.8 Å². The van der Waals surface area contributed by atoms with Gasteiger partial charge in [-0.3, -0.25) is 9.11 Å². The maximum absolute atomic E-state index is 11.8. The number of allylic oxidation sites excluding steroid dienone is 5. The fourth-order valence-corrected chi connectivity index (χ4v) is 10.1. The molecule has 0 radical (unpaired) electrons. The molecule has 2 aliphatic heterocycles. The first kappa shape index (κ1) is 40.4. The summed E-state index contributed by atoms with van der Waals surface area (Å²) in [5.41, 5.74) is 5.70. The van der Waals surface area contributed by atoms with E-state index in [4.69, 9.17) is 12.2 Å². The van der Waals surface area contributed by atoms with E-state index in [2.05, 4.69) is 55.7 Å². The third-order valence-electron chi connectivity index (χ3n) is 10.2. The van der Waals surface area contributed by atoms with Crippen LogP contribution in [0.15, 0.2) is 93.5 Å². The number of aryl methyl sites for hydroxylation is 1. The monoisotopic (exact) mass is 830 g/mol. The van der Waals surface area contributed by atoms with Crippen LogP contribution in [-0.4, -0.2) is 103 Å². The van der Waals surface area contributed by atoms with Crippen LogP contribution in [0.1, 0.15) is 44.5 Å². The number of thiocarbonyl (C=S) groups is 1. The van der Waals surface area contributed by atoms with Crippen molar-refractivity contribution in [3.63, 3.8) is 0 Å². The number of piperazine rings is 1. The van der Waals surface area contributed by atoms with Gasteiger partial charge >= 0.3 is 0 Å². The minimum absolute atomic E-state index is 0.285. The zero-order valence-electron chi connectivity index (χ0n) is 31.0. The van der Waals surface area contributed by atoms with Crippen LogP contribution in [0.4, 0.5) is 5.69 Å². The van der Waals surface area contributed by atoms with Crippen LogP contribution in [0.25, 0.3) is 16.3 Å². The molecule has 0 bridgehead atoms. The third kappa shape index (κ3) is 9.23. The lowest BCUT2D eigenvalue weighted by atomic mass is 10.1. The number of benzene rings is 2. The van der Waals surface area contributed by atoms with Crippen molar-refractivity contribution in [3.8, 4) is 0 Å². The molecule has 0 amide bonds. The maximum atomic E-state index is 11.8. The van der Waals surface area contributed by atoms with Gasteiger partial charge in [-0.2, -0.15) is 21.4 Å². The van der Waals surface area contributed by atoms with Gasteiger partial charge in [-0.25, -0.2) is 0 Å². The van der Waals surface area contributed by atoms with Crippen LogP contribution in [0.5, 0.6) is 0 Å². The number of nitrogens with zero attached hydrogens (tertiary/aromatic N) is 5. The molecule has 0 saturated carbocycles. The molecule has 2 aromatic carbocycles. The zero-order chi connectivity index (χ0) is 38.8. The maximum Gasteiger partial charge on any atom is 0.267 e. The number of hydrogen-bond acceptors (Lipinski definition) is 9. The van der Waals surface area contributed by atoms with Crippen LogP contribution in [0.3, 0.4) is 0 Å². The molecule has 2 N–H and O–H groups in total. The molecule has 1 aliphatic carbocycles. The molecule has 3 heterocycles. The predicted octanol–water partition coefficient (Wildman–Crippen LogP) is 6.43. The second-order valence-electron chi connectivity index (χ2n) is 14.1. The highest BCUT2D eigenvalue weighted by atomic mass is 32.2. The Hall–Kier alpha value is -3.25. The standard InChI is InChI=1S/C38H47N5O6S5/c1-27(53(44,45)46)19-21-42-31-9-5-7-11-33(31)51-35(42)17-15-29-13-14-30(37(29)40-23-25-41(26-24-40)38(50)39(3)4)16-18-36-43(22-20-28(2)54(47,48)49)32-10-6-8-12-34(32)52-36/h5-12,15-18,27-28H,13-14,19-26H2,1-4H3,(H-,44,45,46,47,48,49)/p+1. The Bertz CT molecular complexity index is 2240. The highest BCUT2D eigenvalue weighted by molar-refractivity contribution is 8.03. The Balaban J connectivity index is 1.34. The van der Waals surface area contributed by atoms with Gasteiger partial charge in [0.1, 0.15) is 4.70 Å². The van der Waals surface area contributed by atoms with Gasteiger partial charge in [-0.05, 0) is 86.8 Å². The zero-order valence-corrected chi connectivity index (χ0v) is 35.0. The quantitative estimate of drug-likeness (QED) is 0.119. The number of aromatic nitrogens is 1. The number of para-hydroxylation sites is 2. The smallest absolute Gasteiger partial charge is 0.267 e. The van der Waals surface area contributed by atoms with Gasteiger partial charge in [0.15, 0.2) is 11.7 Å². The largest absolute Gasteiger partial charge is 0.368 e. The topological polar surface area (TPSA) is 126 Å². The molecule has 1 aromatic heterocycles. The van der Waals surface area contributed by atoms with Gasteiger partial charge < -0.3 is 19.6 Å². The highest BCUT2D eigenvalue weighted by Gasteiger charge is 2.30. The van der Waals surface area contributed by atoms with Crippen LogP contribution in [0, 0.1) is 0 Å². The first-order valence-electron chi connectivity index (χ1n) is 18.0. The molecule has 54 heavy (non-hydrogen) atoms. The number of fused-ring (bicyclic) bond motifs is 2. The first-order chi connectivity index (χ1) is 25.6. The summed E-state index contributed by atoms with van der Waals surface area (Å²) in [6, 6.07) is 16.2. The number of rotatable bonds is 12. The van der Waals surface area contributed by atoms with E-state index >= 15 is 0 Å². The minimum Gasteiger partial charge on any atom is -0.368 e. The minimum atomic E-state index is -4.14. The summed E-state index contributed by atoms with van der Waals surface area (Å²) in [4.78, 5) is 9.92. The average Bonchev–Trinajstić information content (AvgIpc) is 3.82. The van der Waals surface area contributed by atoms with Crippen molar-refractivity contribution in [2.75, 3.05) is 51.7 Å². The average molecular weight is 831 g/mol. The molecular formula is C38H48N5O6S5+. The molecule has 16 heteroatoms. The number of thiazole rings is 1. The Morgan fingerprint density at radius 3 is 2.28 bits per heavy atom. The fraction of sp³-hybridized carbons (Fsp3) is 0.421. The number of hydrogen-bond donors (Lipinski definition) is 2. The van der Waals surface area contributed by atoms with Crippen molar-refractivity contribution in [2.45, 2.75) is 61.5 Å². The van der Waals surface area contributed by atoms with E-state index in [1.54, 1.807) is 23.1 Å². The molecular weight excluding hydrogens is 783 g/mol. The predicted molar refractivity (Wildman–Crippen MR) is 224 cm³/mol. The Morgan fingerprint density at radius 2 is 1.57 bits per heavy atom. The summed E-state index contributed by atoms with van der Waals surface area (Å²) < 4.78 is 69.8. The molecule has 3 aliphatic rings. The molecule has 0 spiro atoms. The van der Waals surface area contributed by atoms with Crippen molar-refractivity contribution in [1.82, 2.24) is 14.7 Å². The third-order valence-corrected chi connectivity index (χ3v) is 15.6. The molecule has 290 valence electrons. The van der Waals surface area contributed by atoms with Crippen molar-refractivity contribution in [3.05, 3.63) is 93.6 Å². The summed E-state index contributed by atoms with van der Waals surface area (Å²) >= 11 is 9.01. The van der Waals surface area contributed by atoms with Gasteiger partial charge in [0.2, 0.25) is 5.52 Å². The Labute approximate surface area is 332 Å². The van der Waals surface area contributed by atoms with Gasteiger partial charge in [-0.15, -0.1) is 0 Å². The Morgan fingerprint density at radius 1 is 0.907 bits per heavy atom. The SMILES string of the molecule is CC(CCN1C(=CC=C2CCC(C=Cc3sc4ccccc4[n+]3CCC(C)S(=O)(=O)O)=C2N2CCN(C(=S)N(C)C)CC2)Sc2ccccc21)S(=O)(=O)O. The van der Waals surface area contributed by atoms with Crippen molar-refractivity contribution in [1.29, 1.82) is 0 Å². The summed E-state index contributed by atoms with van der Waals surface area (Å²) in [5, 5.41) is 1.08. The lowest BCUT2D eigenvalue weighted by Gasteiger charge is -2.40. The fourth-order valence-electron chi connectivity index (χ4n) is 6.93. The number of thioether (sulfide) groups is 1. The van der Waals surface area contributed by atoms with Crippen molar-refractivity contribution in [2.24, 2.45) is 0 Å². The summed E-state index contributed by atoms with van der Waals surface area (Å²) in [6.07, 6.45) is 11.0. The number of anilines is 1. The molecule has 3 aromatic rings. The summed E-state index contributed by atoms with van der Waals surface area (Å²) in [7, 11) is -4.33. The Kier molecular flexibility index (Phi) is 12.6. The van der Waals surface area contributed by atoms with Crippen molar-refractivity contribution >= 4 is 82.6 Å². The van der Waals surface area contributed by atoms with Gasteiger partial charge in [0.05, 0.1) is 21.2 Å². The van der Waals surface area contributed by atoms with E-state index in [0.717, 1.165) is 75.0 Å². The molecule has 2 unspecified atom stereocenters. The molecule has 6 rings (SSSR count). The first-order valence-corrected chi connectivity index (χ1v) is 23.1. The summed E-state index contributed by atoms with van der Waals surface area (Å²) in [6.45, 7) is 7.19. The van der Waals surface area contributed by atoms with Crippen LogP contribution < -0.4 is 9.47 Å². The van der Waals surface area contributed by atoms with Crippen molar-refractivity contribution < 1.29 is 30.5 Å². The molecule has 2 atom stereocenters. The lowest BCUT2D eigenvalue weighted by molar-refractivity contribution is -0.669. The van der Waals surface area contributed by atoms with E-state index in [9.17, 15) is 25.9 Å². The molecule has 11 nitrogen and oxygen atoms in total.